The van der Waals surface area contributed by atoms with Gasteiger partial charge in [0.25, 0.3) is 5.91 Å². The molecule has 0 saturated carbocycles. The van der Waals surface area contributed by atoms with E-state index in [1.165, 1.54) is 0 Å². The first-order valence-corrected chi connectivity index (χ1v) is 8.89. The highest BCUT2D eigenvalue weighted by Crippen LogP contribution is 2.20. The van der Waals surface area contributed by atoms with Crippen LogP contribution < -0.4 is 14.8 Å². The highest BCUT2D eigenvalue weighted by Gasteiger charge is 2.16. The first kappa shape index (κ1) is 19.0. The maximum Gasteiger partial charge on any atom is 0.265 e. The quantitative estimate of drug-likeness (QED) is 0.661. The van der Waals surface area contributed by atoms with Crippen LogP contribution in [0.4, 0.5) is 5.69 Å². The average Bonchev–Trinajstić information content (AvgIpc) is 2.74. The lowest BCUT2D eigenvalue weighted by Gasteiger charge is -2.15. The Bertz CT molecular complexity index is 963. The zero-order valence-corrected chi connectivity index (χ0v) is 15.5. The second kappa shape index (κ2) is 9.24. The molecular weight excluding hydrogens is 352 g/mol. The SMILES string of the molecule is C[C@@H](Oc1ccc(OCc2ccccc2)cc1)C(=O)Nc1ccccc1C#N. The number of rotatable bonds is 7. The Kier molecular flexibility index (Phi) is 6.27. The molecular formula is C23H20N2O3. The Morgan fingerprint density at radius 3 is 2.32 bits per heavy atom. The number of nitrogens with one attached hydrogen (secondary N) is 1. The van der Waals surface area contributed by atoms with Crippen molar-refractivity contribution in [1.82, 2.24) is 0 Å². The van der Waals surface area contributed by atoms with Crippen LogP contribution in [0.3, 0.4) is 0 Å². The van der Waals surface area contributed by atoms with Crippen molar-refractivity contribution < 1.29 is 14.3 Å². The third-order valence-electron chi connectivity index (χ3n) is 4.06. The number of hydrogen-bond donors (Lipinski definition) is 1. The summed E-state index contributed by atoms with van der Waals surface area (Å²) in [7, 11) is 0. The zero-order chi connectivity index (χ0) is 19.8. The van der Waals surface area contributed by atoms with Crippen molar-refractivity contribution in [2.75, 3.05) is 5.32 Å². The zero-order valence-electron chi connectivity index (χ0n) is 15.5. The van der Waals surface area contributed by atoms with E-state index < -0.39 is 6.10 Å². The van der Waals surface area contributed by atoms with Gasteiger partial charge in [0.1, 0.15) is 24.2 Å². The van der Waals surface area contributed by atoms with Crippen LogP contribution in [-0.4, -0.2) is 12.0 Å². The lowest BCUT2D eigenvalue weighted by Crippen LogP contribution is -2.30. The van der Waals surface area contributed by atoms with Gasteiger partial charge in [0.05, 0.1) is 11.3 Å². The van der Waals surface area contributed by atoms with Gasteiger partial charge in [-0.25, -0.2) is 0 Å². The molecule has 0 aliphatic heterocycles. The second-order valence-corrected chi connectivity index (χ2v) is 6.15. The van der Waals surface area contributed by atoms with Gasteiger partial charge >= 0.3 is 0 Å². The number of para-hydroxylation sites is 1. The third-order valence-corrected chi connectivity index (χ3v) is 4.06. The van der Waals surface area contributed by atoms with E-state index in [2.05, 4.69) is 11.4 Å². The van der Waals surface area contributed by atoms with Gasteiger partial charge in [-0.3, -0.25) is 4.79 Å². The van der Waals surface area contributed by atoms with Gasteiger partial charge in [0.15, 0.2) is 6.10 Å². The number of anilines is 1. The smallest absolute Gasteiger partial charge is 0.265 e. The van der Waals surface area contributed by atoms with Crippen molar-refractivity contribution in [2.24, 2.45) is 0 Å². The van der Waals surface area contributed by atoms with Crippen LogP contribution in [-0.2, 0) is 11.4 Å². The molecule has 140 valence electrons. The molecule has 1 N–H and O–H groups in total. The molecule has 5 heteroatoms. The topological polar surface area (TPSA) is 71.3 Å². The van der Waals surface area contributed by atoms with Crippen molar-refractivity contribution in [2.45, 2.75) is 19.6 Å². The molecule has 0 aliphatic rings. The highest BCUT2D eigenvalue weighted by molar-refractivity contribution is 5.95. The van der Waals surface area contributed by atoms with Crippen LogP contribution in [0.15, 0.2) is 78.9 Å². The molecule has 3 rings (SSSR count). The number of ether oxygens (including phenoxy) is 2. The molecule has 3 aromatic carbocycles. The van der Waals surface area contributed by atoms with Crippen molar-refractivity contribution >= 4 is 11.6 Å². The standard InChI is InChI=1S/C23H20N2O3/c1-17(23(26)25-22-10-6-5-9-19(22)15-24)28-21-13-11-20(12-14-21)27-16-18-7-3-2-4-8-18/h2-14,17H,16H2,1H3,(H,25,26)/t17-/m1/s1. The monoisotopic (exact) mass is 372 g/mol. The highest BCUT2D eigenvalue weighted by atomic mass is 16.5. The maximum atomic E-state index is 12.3. The minimum absolute atomic E-state index is 0.327. The van der Waals surface area contributed by atoms with Gasteiger partial charge in [-0.05, 0) is 48.9 Å². The number of nitriles is 1. The van der Waals surface area contributed by atoms with E-state index in [1.54, 1.807) is 55.5 Å². The van der Waals surface area contributed by atoms with Crippen LogP contribution in [0.1, 0.15) is 18.1 Å². The van der Waals surface area contributed by atoms with E-state index >= 15 is 0 Å². The van der Waals surface area contributed by atoms with Gasteiger partial charge < -0.3 is 14.8 Å². The summed E-state index contributed by atoms with van der Waals surface area (Å²) in [5.74, 6) is 0.951. The fourth-order valence-electron chi connectivity index (χ4n) is 2.54. The Balaban J connectivity index is 1.54. The fraction of sp³-hybridized carbons (Fsp3) is 0.130. The van der Waals surface area contributed by atoms with Gasteiger partial charge in [-0.1, -0.05) is 42.5 Å². The summed E-state index contributed by atoms with van der Waals surface area (Å²) in [6, 6.07) is 25.9. The first-order chi connectivity index (χ1) is 13.7. The summed E-state index contributed by atoms with van der Waals surface area (Å²) in [6.07, 6.45) is -0.720. The van der Waals surface area contributed by atoms with E-state index in [-0.39, 0.29) is 5.91 Å². The summed E-state index contributed by atoms with van der Waals surface area (Å²) < 4.78 is 11.4. The van der Waals surface area contributed by atoms with Crippen molar-refractivity contribution in [3.63, 3.8) is 0 Å². The Morgan fingerprint density at radius 2 is 1.61 bits per heavy atom. The molecule has 1 amide bonds. The molecule has 1 atom stereocenters. The lowest BCUT2D eigenvalue weighted by molar-refractivity contribution is -0.122. The predicted octanol–water partition coefficient (Wildman–Crippen LogP) is 4.54. The summed E-state index contributed by atoms with van der Waals surface area (Å²) in [4.78, 5) is 12.3. The van der Waals surface area contributed by atoms with E-state index in [1.807, 2.05) is 30.3 Å². The van der Waals surface area contributed by atoms with E-state index in [0.29, 0.717) is 23.6 Å². The molecule has 0 aromatic heterocycles. The number of carbonyl (C=O) groups excluding carboxylic acids is 1. The van der Waals surface area contributed by atoms with Crippen LogP contribution in [0.2, 0.25) is 0 Å². The van der Waals surface area contributed by atoms with Gasteiger partial charge in [-0.15, -0.1) is 0 Å². The summed E-state index contributed by atoms with van der Waals surface area (Å²) in [5.41, 5.74) is 1.96. The number of carbonyl (C=O) groups is 1. The van der Waals surface area contributed by atoms with Crippen molar-refractivity contribution in [3.8, 4) is 17.6 Å². The summed E-state index contributed by atoms with van der Waals surface area (Å²) in [6.45, 7) is 2.14. The predicted molar refractivity (Wildman–Crippen MR) is 107 cm³/mol. The molecule has 0 saturated heterocycles. The molecule has 0 fully saturated rings. The van der Waals surface area contributed by atoms with Crippen molar-refractivity contribution in [3.05, 3.63) is 90.0 Å². The third kappa shape index (κ3) is 5.12. The molecule has 0 aliphatic carbocycles. The van der Waals surface area contributed by atoms with Crippen molar-refractivity contribution in [1.29, 1.82) is 5.26 Å². The molecule has 0 bridgehead atoms. The largest absolute Gasteiger partial charge is 0.489 e. The molecule has 0 radical (unpaired) electrons. The normalized spacial score (nSPS) is 11.1. The van der Waals surface area contributed by atoms with E-state index in [9.17, 15) is 4.79 Å². The van der Waals surface area contributed by atoms with Crippen LogP contribution in [0.5, 0.6) is 11.5 Å². The average molecular weight is 372 g/mol. The number of nitrogens with zero attached hydrogens (tertiary/aromatic N) is 1. The van der Waals surface area contributed by atoms with Gasteiger partial charge in [0, 0.05) is 0 Å². The van der Waals surface area contributed by atoms with Gasteiger partial charge in [0.2, 0.25) is 0 Å². The number of benzene rings is 3. The summed E-state index contributed by atoms with van der Waals surface area (Å²) in [5, 5.41) is 11.8. The molecule has 0 unspecified atom stereocenters. The molecule has 28 heavy (non-hydrogen) atoms. The maximum absolute atomic E-state index is 12.3. The molecule has 3 aromatic rings. The molecule has 0 spiro atoms. The number of amides is 1. The Morgan fingerprint density at radius 1 is 0.964 bits per heavy atom. The first-order valence-electron chi connectivity index (χ1n) is 8.89. The van der Waals surface area contributed by atoms with Crippen LogP contribution in [0, 0.1) is 11.3 Å². The van der Waals surface area contributed by atoms with Crippen LogP contribution >= 0.6 is 0 Å². The van der Waals surface area contributed by atoms with E-state index in [4.69, 9.17) is 14.7 Å². The summed E-state index contributed by atoms with van der Waals surface area (Å²) >= 11 is 0. The Hall–Kier alpha value is -3.78. The number of hydrogen-bond acceptors (Lipinski definition) is 4. The molecule has 5 nitrogen and oxygen atoms in total. The Labute approximate surface area is 164 Å². The lowest BCUT2D eigenvalue weighted by atomic mass is 10.2. The minimum atomic E-state index is -0.720. The van der Waals surface area contributed by atoms with Crippen LogP contribution in [0.25, 0.3) is 0 Å². The van der Waals surface area contributed by atoms with Gasteiger partial charge in [-0.2, -0.15) is 5.26 Å². The minimum Gasteiger partial charge on any atom is -0.489 e. The second-order valence-electron chi connectivity index (χ2n) is 6.15. The van der Waals surface area contributed by atoms with E-state index in [0.717, 1.165) is 11.3 Å². The fourth-order valence-corrected chi connectivity index (χ4v) is 2.54. The molecule has 0 heterocycles.